The summed E-state index contributed by atoms with van der Waals surface area (Å²) in [6, 6.07) is 4.03. The van der Waals surface area contributed by atoms with Gasteiger partial charge in [0.2, 0.25) is 10.0 Å². The van der Waals surface area contributed by atoms with Crippen LogP contribution in [0, 0.1) is 12.8 Å². The summed E-state index contributed by atoms with van der Waals surface area (Å²) >= 11 is 0. The monoisotopic (exact) mass is 311 g/mol. The van der Waals surface area contributed by atoms with E-state index in [1.165, 1.54) is 18.2 Å². The van der Waals surface area contributed by atoms with Gasteiger partial charge < -0.3 is 5.11 Å². The van der Waals surface area contributed by atoms with Crippen LogP contribution in [0.1, 0.15) is 48.5 Å². The van der Waals surface area contributed by atoms with Crippen molar-refractivity contribution in [1.82, 2.24) is 4.72 Å². The molecule has 0 saturated heterocycles. The van der Waals surface area contributed by atoms with Gasteiger partial charge in [0.25, 0.3) is 0 Å². The van der Waals surface area contributed by atoms with Crippen LogP contribution >= 0.6 is 0 Å². The Morgan fingerprint density at radius 3 is 2.52 bits per heavy atom. The Morgan fingerprint density at radius 2 is 1.95 bits per heavy atom. The molecule has 1 aliphatic carbocycles. The van der Waals surface area contributed by atoms with Gasteiger partial charge in [-0.3, -0.25) is 0 Å². The Morgan fingerprint density at radius 1 is 1.33 bits per heavy atom. The molecule has 1 fully saturated rings. The summed E-state index contributed by atoms with van der Waals surface area (Å²) in [5.74, 6) is -0.766. The van der Waals surface area contributed by atoms with E-state index in [0.717, 1.165) is 25.7 Å². The Bertz CT molecular complexity index is 633. The summed E-state index contributed by atoms with van der Waals surface area (Å²) in [5, 5.41) is 9.01. The van der Waals surface area contributed by atoms with Crippen LogP contribution in [0.25, 0.3) is 0 Å². The molecule has 1 saturated carbocycles. The highest BCUT2D eigenvalue weighted by atomic mass is 32.2. The van der Waals surface area contributed by atoms with Crippen molar-refractivity contribution in [2.24, 2.45) is 5.92 Å². The zero-order valence-corrected chi connectivity index (χ0v) is 13.1. The van der Waals surface area contributed by atoms with E-state index in [-0.39, 0.29) is 16.5 Å². The second-order valence-electron chi connectivity index (χ2n) is 5.74. The normalized spacial score (nSPS) is 17.8. The third-order valence-electron chi connectivity index (χ3n) is 4.17. The lowest BCUT2D eigenvalue weighted by Gasteiger charge is -2.21. The van der Waals surface area contributed by atoms with Gasteiger partial charge in [-0.05, 0) is 50.3 Å². The van der Waals surface area contributed by atoms with Crippen molar-refractivity contribution in [2.75, 3.05) is 0 Å². The first-order valence-electron chi connectivity index (χ1n) is 7.17. The Kier molecular flexibility index (Phi) is 4.68. The van der Waals surface area contributed by atoms with Crippen LogP contribution < -0.4 is 4.72 Å². The second kappa shape index (κ2) is 6.15. The fourth-order valence-corrected chi connectivity index (χ4v) is 4.47. The van der Waals surface area contributed by atoms with Crippen LogP contribution in [-0.4, -0.2) is 25.5 Å². The van der Waals surface area contributed by atoms with Gasteiger partial charge in [-0.15, -0.1) is 0 Å². The molecule has 21 heavy (non-hydrogen) atoms. The largest absolute Gasteiger partial charge is 0.478 e. The van der Waals surface area contributed by atoms with E-state index >= 15 is 0 Å². The summed E-state index contributed by atoms with van der Waals surface area (Å²) in [4.78, 5) is 11.1. The van der Waals surface area contributed by atoms with Crippen LogP contribution in [0.3, 0.4) is 0 Å². The van der Waals surface area contributed by atoms with Crippen molar-refractivity contribution >= 4 is 16.0 Å². The SMILES string of the molecule is Cc1ccc(C(=O)O)cc1S(=O)(=O)N[C@@H](C)C1CCCC1. The summed E-state index contributed by atoms with van der Waals surface area (Å²) in [6.45, 7) is 3.55. The number of aryl methyl sites for hydroxylation is 1. The molecular formula is C15H21NO4S. The Balaban J connectivity index is 2.26. The molecule has 2 rings (SSSR count). The third-order valence-corrected chi connectivity index (χ3v) is 5.87. The molecule has 0 unspecified atom stereocenters. The van der Waals surface area contributed by atoms with Gasteiger partial charge in [0.05, 0.1) is 10.5 Å². The fraction of sp³-hybridized carbons (Fsp3) is 0.533. The molecule has 0 heterocycles. The van der Waals surface area contributed by atoms with Crippen molar-refractivity contribution in [3.8, 4) is 0 Å². The number of aromatic carboxylic acids is 1. The van der Waals surface area contributed by atoms with Gasteiger partial charge in [-0.25, -0.2) is 17.9 Å². The van der Waals surface area contributed by atoms with Crippen molar-refractivity contribution in [2.45, 2.75) is 50.5 Å². The molecule has 116 valence electrons. The summed E-state index contributed by atoms with van der Waals surface area (Å²) < 4.78 is 27.7. The Hall–Kier alpha value is -1.40. The van der Waals surface area contributed by atoms with Crippen molar-refractivity contribution in [3.05, 3.63) is 29.3 Å². The molecule has 2 N–H and O–H groups in total. The van der Waals surface area contributed by atoms with Crippen molar-refractivity contribution < 1.29 is 18.3 Å². The molecule has 1 aromatic rings. The molecular weight excluding hydrogens is 290 g/mol. The number of nitrogens with one attached hydrogen (secondary N) is 1. The summed E-state index contributed by atoms with van der Waals surface area (Å²) in [6.07, 6.45) is 4.37. The fourth-order valence-electron chi connectivity index (χ4n) is 2.88. The minimum absolute atomic E-state index is 0.0190. The molecule has 1 aromatic carbocycles. The standard InChI is InChI=1S/C15H21NO4S/c1-10-7-8-13(15(17)18)9-14(10)21(19,20)16-11(2)12-5-3-4-6-12/h7-9,11-12,16H,3-6H2,1-2H3,(H,17,18)/t11-/m0/s1. The van der Waals surface area contributed by atoms with Crippen LogP contribution in [0.5, 0.6) is 0 Å². The molecule has 5 nitrogen and oxygen atoms in total. The van der Waals surface area contributed by atoms with E-state index in [9.17, 15) is 13.2 Å². The zero-order chi connectivity index (χ0) is 15.6. The number of carboxylic acids is 1. The highest BCUT2D eigenvalue weighted by Gasteiger charge is 2.27. The first kappa shape index (κ1) is 16.0. The first-order chi connectivity index (χ1) is 9.81. The molecule has 0 aromatic heterocycles. The first-order valence-corrected chi connectivity index (χ1v) is 8.66. The number of benzene rings is 1. The minimum atomic E-state index is -3.70. The average molecular weight is 311 g/mol. The number of hydrogen-bond acceptors (Lipinski definition) is 3. The van der Waals surface area contributed by atoms with Gasteiger partial charge in [-0.1, -0.05) is 18.9 Å². The van der Waals surface area contributed by atoms with Gasteiger partial charge in [0, 0.05) is 6.04 Å². The molecule has 6 heteroatoms. The summed E-state index contributed by atoms with van der Waals surface area (Å²) in [5.41, 5.74) is 0.528. The molecule has 1 atom stereocenters. The molecule has 0 aliphatic heterocycles. The number of hydrogen-bond donors (Lipinski definition) is 2. The maximum absolute atomic E-state index is 12.5. The van der Waals surface area contributed by atoms with Crippen molar-refractivity contribution in [3.63, 3.8) is 0 Å². The van der Waals surface area contributed by atoms with Gasteiger partial charge in [0.1, 0.15) is 0 Å². The van der Waals surface area contributed by atoms with Gasteiger partial charge >= 0.3 is 5.97 Å². The maximum atomic E-state index is 12.5. The number of carboxylic acid groups (broad SMARTS) is 1. The molecule has 0 radical (unpaired) electrons. The quantitative estimate of drug-likeness (QED) is 0.875. The topological polar surface area (TPSA) is 83.5 Å². The van der Waals surface area contributed by atoms with Gasteiger partial charge in [0.15, 0.2) is 0 Å². The summed E-state index contributed by atoms with van der Waals surface area (Å²) in [7, 11) is -3.70. The zero-order valence-electron chi connectivity index (χ0n) is 12.3. The lowest BCUT2D eigenvalue weighted by molar-refractivity contribution is 0.0696. The van der Waals surface area contributed by atoms with E-state index in [0.29, 0.717) is 11.5 Å². The van der Waals surface area contributed by atoms with Gasteiger partial charge in [-0.2, -0.15) is 0 Å². The second-order valence-corrected chi connectivity index (χ2v) is 7.42. The lowest BCUT2D eigenvalue weighted by atomic mass is 10.0. The van der Waals surface area contributed by atoms with Crippen LogP contribution in [-0.2, 0) is 10.0 Å². The molecule has 1 aliphatic rings. The smallest absolute Gasteiger partial charge is 0.335 e. The average Bonchev–Trinajstić information content (AvgIpc) is 2.92. The molecule has 0 spiro atoms. The molecule has 0 bridgehead atoms. The number of rotatable bonds is 5. The molecule has 0 amide bonds. The van der Waals surface area contributed by atoms with E-state index < -0.39 is 16.0 Å². The highest BCUT2D eigenvalue weighted by molar-refractivity contribution is 7.89. The minimum Gasteiger partial charge on any atom is -0.478 e. The number of sulfonamides is 1. The highest BCUT2D eigenvalue weighted by Crippen LogP contribution is 2.28. The van der Waals surface area contributed by atoms with E-state index in [4.69, 9.17) is 5.11 Å². The van der Waals surface area contributed by atoms with Crippen LogP contribution in [0.2, 0.25) is 0 Å². The van der Waals surface area contributed by atoms with Crippen LogP contribution in [0.4, 0.5) is 0 Å². The Labute approximate surface area is 125 Å². The van der Waals surface area contributed by atoms with Crippen molar-refractivity contribution in [1.29, 1.82) is 0 Å². The lowest BCUT2D eigenvalue weighted by Crippen LogP contribution is -2.37. The predicted molar refractivity (Wildman–Crippen MR) is 79.9 cm³/mol. The van der Waals surface area contributed by atoms with Crippen LogP contribution in [0.15, 0.2) is 23.1 Å². The van der Waals surface area contributed by atoms with E-state index in [1.54, 1.807) is 6.92 Å². The third kappa shape index (κ3) is 3.63. The van der Waals surface area contributed by atoms with E-state index in [1.807, 2.05) is 6.92 Å². The maximum Gasteiger partial charge on any atom is 0.335 e. The van der Waals surface area contributed by atoms with E-state index in [2.05, 4.69) is 4.72 Å². The number of carbonyl (C=O) groups is 1. The predicted octanol–water partition coefficient (Wildman–Crippen LogP) is 2.55.